The van der Waals surface area contributed by atoms with Crippen LogP contribution in [0.1, 0.15) is 37.5 Å². The molecule has 0 radical (unpaired) electrons. The third kappa shape index (κ3) is 3.30. The fraction of sp³-hybridized carbons (Fsp3) is 0.273. The van der Waals surface area contributed by atoms with Gasteiger partial charge in [-0.3, -0.25) is 9.69 Å². The van der Waals surface area contributed by atoms with E-state index in [-0.39, 0.29) is 28.3 Å². The van der Waals surface area contributed by atoms with Gasteiger partial charge in [0.15, 0.2) is 5.78 Å². The van der Waals surface area contributed by atoms with Gasteiger partial charge in [-0.05, 0) is 41.5 Å². The number of hydrogen-bond donors (Lipinski definition) is 1. The number of anilines is 1. The molecule has 1 aromatic carbocycles. The Morgan fingerprint density at radius 1 is 1.34 bits per heavy atom. The highest BCUT2D eigenvalue weighted by Gasteiger charge is 2.45. The molecule has 148 valence electrons. The van der Waals surface area contributed by atoms with Crippen molar-refractivity contribution >= 4 is 38.7 Å². The SMILES string of the molecule is CC1(C)CC(=O)C2=C(C1)N(c1ccc(Br)cc1F)C(N)=C(C#N)[C@H]2c1cccs1. The average molecular weight is 472 g/mol. The van der Waals surface area contributed by atoms with Crippen LogP contribution < -0.4 is 10.6 Å². The quantitative estimate of drug-likeness (QED) is 0.619. The topological polar surface area (TPSA) is 70.1 Å². The van der Waals surface area contributed by atoms with Gasteiger partial charge in [-0.15, -0.1) is 11.3 Å². The minimum atomic E-state index is -0.506. The van der Waals surface area contributed by atoms with Gasteiger partial charge in [0.1, 0.15) is 11.6 Å². The molecular formula is C22H19BrFN3OS. The van der Waals surface area contributed by atoms with Crippen LogP contribution in [0.3, 0.4) is 0 Å². The Labute approximate surface area is 181 Å². The fourth-order valence-corrected chi connectivity index (χ4v) is 5.36. The average Bonchev–Trinajstić information content (AvgIpc) is 3.15. The van der Waals surface area contributed by atoms with Crippen LogP contribution in [-0.2, 0) is 4.79 Å². The number of ketones is 1. The zero-order valence-corrected chi connectivity index (χ0v) is 18.4. The zero-order chi connectivity index (χ0) is 20.9. The fourth-order valence-electron chi connectivity index (χ4n) is 4.19. The second kappa shape index (κ2) is 7.12. The summed E-state index contributed by atoms with van der Waals surface area (Å²) in [7, 11) is 0. The number of nitriles is 1. The predicted molar refractivity (Wildman–Crippen MR) is 116 cm³/mol. The van der Waals surface area contributed by atoms with Crippen molar-refractivity contribution in [3.63, 3.8) is 0 Å². The Balaban J connectivity index is 2.02. The highest BCUT2D eigenvalue weighted by atomic mass is 79.9. The van der Waals surface area contributed by atoms with E-state index < -0.39 is 11.7 Å². The number of rotatable bonds is 2. The molecule has 0 saturated heterocycles. The summed E-state index contributed by atoms with van der Waals surface area (Å²) in [6.07, 6.45) is 0.938. The first kappa shape index (κ1) is 19.9. The smallest absolute Gasteiger partial charge is 0.162 e. The lowest BCUT2D eigenvalue weighted by molar-refractivity contribution is -0.118. The molecule has 2 heterocycles. The van der Waals surface area contributed by atoms with Gasteiger partial charge >= 0.3 is 0 Å². The number of allylic oxidation sites excluding steroid dienone is 3. The molecule has 2 aliphatic rings. The van der Waals surface area contributed by atoms with Crippen LogP contribution in [0.5, 0.6) is 0 Å². The van der Waals surface area contributed by atoms with Crippen molar-refractivity contribution in [2.24, 2.45) is 11.1 Å². The molecule has 29 heavy (non-hydrogen) atoms. The molecule has 2 N–H and O–H groups in total. The van der Waals surface area contributed by atoms with Gasteiger partial charge in [0.25, 0.3) is 0 Å². The van der Waals surface area contributed by atoms with Crippen LogP contribution in [0.4, 0.5) is 10.1 Å². The van der Waals surface area contributed by atoms with E-state index in [0.717, 1.165) is 4.88 Å². The Morgan fingerprint density at radius 3 is 2.72 bits per heavy atom. The third-order valence-corrected chi connectivity index (χ3v) is 6.79. The van der Waals surface area contributed by atoms with Crippen LogP contribution >= 0.6 is 27.3 Å². The van der Waals surface area contributed by atoms with Gasteiger partial charge in [-0.25, -0.2) is 4.39 Å². The minimum Gasteiger partial charge on any atom is -0.384 e. The molecule has 4 rings (SSSR count). The van der Waals surface area contributed by atoms with E-state index in [2.05, 4.69) is 22.0 Å². The maximum atomic E-state index is 14.9. The third-order valence-electron chi connectivity index (χ3n) is 5.36. The van der Waals surface area contributed by atoms with E-state index in [0.29, 0.717) is 28.6 Å². The highest BCUT2D eigenvalue weighted by Crippen LogP contribution is 2.51. The lowest BCUT2D eigenvalue weighted by atomic mass is 9.69. The normalized spacial score (nSPS) is 21.3. The lowest BCUT2D eigenvalue weighted by Crippen LogP contribution is -2.42. The van der Waals surface area contributed by atoms with Gasteiger partial charge in [0.05, 0.1) is 23.2 Å². The Kier molecular flexibility index (Phi) is 4.88. The second-order valence-corrected chi connectivity index (χ2v) is 9.99. The Morgan fingerprint density at radius 2 is 2.10 bits per heavy atom. The maximum Gasteiger partial charge on any atom is 0.162 e. The first-order chi connectivity index (χ1) is 13.7. The standard InChI is InChI=1S/C22H19BrFN3OS/c1-22(2)9-16-20(17(28)10-22)19(18-4-3-7-29-18)13(11-25)21(26)27(16)15-6-5-12(23)8-14(15)24/h3-8,19H,9-10,26H2,1-2H3/t19-/m0/s1. The predicted octanol–water partition coefficient (Wildman–Crippen LogP) is 5.59. The number of nitrogens with two attached hydrogens (primary N) is 1. The number of nitrogens with zero attached hydrogens (tertiary/aromatic N) is 2. The molecule has 1 aromatic heterocycles. The van der Waals surface area contributed by atoms with E-state index in [1.165, 1.54) is 17.4 Å². The van der Waals surface area contributed by atoms with Gasteiger partial charge < -0.3 is 5.73 Å². The van der Waals surface area contributed by atoms with Crippen molar-refractivity contribution in [2.75, 3.05) is 4.90 Å². The number of halogens is 2. The maximum absolute atomic E-state index is 14.9. The van der Waals surface area contributed by atoms with Gasteiger partial charge in [0, 0.05) is 27.0 Å². The summed E-state index contributed by atoms with van der Waals surface area (Å²) in [5.74, 6) is -0.820. The summed E-state index contributed by atoms with van der Waals surface area (Å²) in [6, 6.07) is 10.7. The van der Waals surface area contributed by atoms with Crippen LogP contribution in [-0.4, -0.2) is 5.78 Å². The van der Waals surface area contributed by atoms with E-state index in [9.17, 15) is 14.4 Å². The highest BCUT2D eigenvalue weighted by molar-refractivity contribution is 9.10. The summed E-state index contributed by atoms with van der Waals surface area (Å²) in [4.78, 5) is 15.7. The van der Waals surface area contributed by atoms with E-state index in [4.69, 9.17) is 5.73 Å². The molecule has 0 unspecified atom stereocenters. The Bertz CT molecular complexity index is 1110. The zero-order valence-electron chi connectivity index (χ0n) is 16.0. The molecule has 7 heteroatoms. The number of carbonyl (C=O) groups is 1. The molecule has 1 aliphatic heterocycles. The first-order valence-corrected chi connectivity index (χ1v) is 10.9. The molecule has 0 saturated carbocycles. The summed E-state index contributed by atoms with van der Waals surface area (Å²) >= 11 is 4.76. The molecule has 0 fully saturated rings. The summed E-state index contributed by atoms with van der Waals surface area (Å²) in [5.41, 5.74) is 7.94. The molecule has 1 atom stereocenters. The lowest BCUT2D eigenvalue weighted by Gasteiger charge is -2.43. The number of benzene rings is 1. The second-order valence-electron chi connectivity index (χ2n) is 8.09. The van der Waals surface area contributed by atoms with Crippen LogP contribution in [0, 0.1) is 22.6 Å². The van der Waals surface area contributed by atoms with Gasteiger partial charge in [0.2, 0.25) is 0 Å². The summed E-state index contributed by atoms with van der Waals surface area (Å²) in [5, 5.41) is 11.9. The molecule has 4 nitrogen and oxygen atoms in total. The van der Waals surface area contributed by atoms with Crippen LogP contribution in [0.25, 0.3) is 0 Å². The van der Waals surface area contributed by atoms with Crippen LogP contribution in [0.15, 0.2) is 62.8 Å². The van der Waals surface area contributed by atoms with Crippen molar-refractivity contribution in [1.82, 2.24) is 0 Å². The van der Waals surface area contributed by atoms with Crippen molar-refractivity contribution in [3.8, 4) is 6.07 Å². The van der Waals surface area contributed by atoms with Gasteiger partial charge in [-0.1, -0.05) is 35.8 Å². The summed E-state index contributed by atoms with van der Waals surface area (Å²) in [6.45, 7) is 4.04. The van der Waals surface area contributed by atoms with Crippen molar-refractivity contribution in [1.29, 1.82) is 5.26 Å². The van der Waals surface area contributed by atoms with E-state index in [1.807, 2.05) is 31.4 Å². The summed E-state index contributed by atoms with van der Waals surface area (Å²) < 4.78 is 15.5. The molecular weight excluding hydrogens is 453 g/mol. The van der Waals surface area contributed by atoms with Crippen LogP contribution in [0.2, 0.25) is 0 Å². The number of hydrogen-bond acceptors (Lipinski definition) is 5. The molecule has 1 aliphatic carbocycles. The Hall–Kier alpha value is -2.43. The number of thiophene rings is 1. The largest absolute Gasteiger partial charge is 0.384 e. The molecule has 0 bridgehead atoms. The first-order valence-electron chi connectivity index (χ1n) is 9.18. The van der Waals surface area contributed by atoms with Crippen molar-refractivity contribution in [2.45, 2.75) is 32.6 Å². The molecule has 2 aromatic rings. The minimum absolute atomic E-state index is 0.0163. The molecule has 0 spiro atoms. The van der Waals surface area contributed by atoms with Crippen molar-refractivity contribution < 1.29 is 9.18 Å². The monoisotopic (exact) mass is 471 g/mol. The number of Topliss-reactive ketones (excluding diaryl/α,β-unsaturated/α-hetero) is 1. The van der Waals surface area contributed by atoms with Crippen molar-refractivity contribution in [3.05, 3.63) is 73.5 Å². The van der Waals surface area contributed by atoms with E-state index >= 15 is 0 Å². The number of carbonyl (C=O) groups excluding carboxylic acids is 1. The van der Waals surface area contributed by atoms with Gasteiger partial charge in [-0.2, -0.15) is 5.26 Å². The molecule has 0 amide bonds. The van der Waals surface area contributed by atoms with E-state index in [1.54, 1.807) is 17.0 Å².